The molecule has 0 saturated heterocycles. The lowest BCUT2D eigenvalue weighted by molar-refractivity contribution is -0.131. The van der Waals surface area contributed by atoms with Crippen molar-refractivity contribution in [1.82, 2.24) is 5.32 Å². The van der Waals surface area contributed by atoms with Crippen LogP contribution in [0.5, 0.6) is 0 Å². The first kappa shape index (κ1) is 46.6. The number of carbonyl (C=O) groups is 1. The topological polar surface area (TPSA) is 89.8 Å². The summed E-state index contributed by atoms with van der Waals surface area (Å²) in [7, 11) is 0. The molecule has 0 radical (unpaired) electrons. The molecule has 4 N–H and O–H groups in total. The lowest BCUT2D eigenvalue weighted by Gasteiger charge is -2.21. The Hall–Kier alpha value is -1.43. The van der Waals surface area contributed by atoms with Crippen LogP contribution in [0, 0.1) is 0 Å². The number of rotatable bonds is 37. The molecule has 5 nitrogen and oxygen atoms in total. The van der Waals surface area contributed by atoms with E-state index in [1.54, 1.807) is 6.08 Å². The summed E-state index contributed by atoms with van der Waals surface area (Å²) in [5.74, 6) is -0.516. The Morgan fingerprint density at radius 2 is 0.854 bits per heavy atom. The van der Waals surface area contributed by atoms with E-state index in [9.17, 15) is 20.1 Å². The van der Waals surface area contributed by atoms with Gasteiger partial charge in [-0.2, -0.15) is 0 Å². The standard InChI is InChI=1S/C43H81NO4/c1-3-5-7-9-11-13-15-17-19-21-22-24-26-28-30-32-34-36-38-42(47)43(48)44-40(39-45)41(46)37-35-33-31-29-27-25-23-20-18-16-14-12-10-8-6-4-2/h18,20,27,29,35,37,40-42,45-47H,3-17,19,21-26,28,30-34,36,38-39H2,1-2H3,(H,44,48)/b20-18+,29-27+,37-35+. The summed E-state index contributed by atoms with van der Waals surface area (Å²) in [6.45, 7) is 4.15. The fourth-order valence-corrected chi connectivity index (χ4v) is 6.16. The largest absolute Gasteiger partial charge is 0.394 e. The lowest BCUT2D eigenvalue weighted by Crippen LogP contribution is -2.48. The predicted octanol–water partition coefficient (Wildman–Crippen LogP) is 11.6. The van der Waals surface area contributed by atoms with Gasteiger partial charge in [0.25, 0.3) is 0 Å². The quantitative estimate of drug-likeness (QED) is 0.0390. The zero-order chi connectivity index (χ0) is 35.2. The van der Waals surface area contributed by atoms with Crippen molar-refractivity contribution in [3.05, 3.63) is 36.5 Å². The van der Waals surface area contributed by atoms with Gasteiger partial charge in [-0.1, -0.05) is 198 Å². The van der Waals surface area contributed by atoms with E-state index in [-0.39, 0.29) is 6.61 Å². The number of amides is 1. The van der Waals surface area contributed by atoms with Crippen molar-refractivity contribution in [2.45, 2.75) is 225 Å². The molecule has 0 fully saturated rings. The molecule has 0 saturated carbocycles. The van der Waals surface area contributed by atoms with E-state index in [1.807, 2.05) is 6.08 Å². The third-order valence-electron chi connectivity index (χ3n) is 9.46. The number of aliphatic hydroxyl groups is 3. The molecule has 0 heterocycles. The number of allylic oxidation sites excluding steroid dienone is 5. The van der Waals surface area contributed by atoms with Crippen LogP contribution in [-0.4, -0.2) is 46.1 Å². The normalized spacial score (nSPS) is 14.0. The van der Waals surface area contributed by atoms with Crippen LogP contribution in [0.3, 0.4) is 0 Å². The van der Waals surface area contributed by atoms with Gasteiger partial charge in [-0.15, -0.1) is 0 Å². The fraction of sp³-hybridized carbons (Fsp3) is 0.837. The van der Waals surface area contributed by atoms with Crippen molar-refractivity contribution in [1.29, 1.82) is 0 Å². The van der Waals surface area contributed by atoms with Crippen LogP contribution in [0.25, 0.3) is 0 Å². The Kier molecular flexibility index (Phi) is 37.2. The Labute approximate surface area is 298 Å². The van der Waals surface area contributed by atoms with Gasteiger partial charge in [0, 0.05) is 0 Å². The van der Waals surface area contributed by atoms with E-state index in [0.717, 1.165) is 44.9 Å². The van der Waals surface area contributed by atoms with Gasteiger partial charge in [0.1, 0.15) is 6.10 Å². The summed E-state index contributed by atoms with van der Waals surface area (Å²) < 4.78 is 0. The highest BCUT2D eigenvalue weighted by Crippen LogP contribution is 2.15. The SMILES string of the molecule is CCCCCCCC/C=C/CC/C=C/CC/C=C/C(O)C(CO)NC(=O)C(O)CCCCCCCCCCCCCCCCCCCC. The molecular weight excluding hydrogens is 594 g/mol. The molecule has 0 bridgehead atoms. The highest BCUT2D eigenvalue weighted by molar-refractivity contribution is 5.80. The second-order valence-corrected chi connectivity index (χ2v) is 14.2. The van der Waals surface area contributed by atoms with E-state index >= 15 is 0 Å². The van der Waals surface area contributed by atoms with E-state index in [1.165, 1.54) is 141 Å². The first-order chi connectivity index (χ1) is 23.6. The van der Waals surface area contributed by atoms with Gasteiger partial charge in [0.2, 0.25) is 5.91 Å². The third kappa shape index (κ3) is 33.1. The number of hydrogen-bond acceptors (Lipinski definition) is 4. The zero-order valence-electron chi connectivity index (χ0n) is 31.9. The van der Waals surface area contributed by atoms with Gasteiger partial charge >= 0.3 is 0 Å². The molecule has 0 aliphatic heterocycles. The van der Waals surface area contributed by atoms with Crippen molar-refractivity contribution in [2.24, 2.45) is 0 Å². The molecule has 0 aromatic heterocycles. The van der Waals surface area contributed by atoms with E-state index in [0.29, 0.717) is 6.42 Å². The van der Waals surface area contributed by atoms with E-state index in [4.69, 9.17) is 0 Å². The molecule has 5 heteroatoms. The van der Waals surface area contributed by atoms with Crippen molar-refractivity contribution < 1.29 is 20.1 Å². The molecule has 48 heavy (non-hydrogen) atoms. The van der Waals surface area contributed by atoms with Crippen LogP contribution in [-0.2, 0) is 4.79 Å². The summed E-state index contributed by atoms with van der Waals surface area (Å²) in [5, 5.41) is 33.0. The Bertz CT molecular complexity index is 749. The molecule has 0 aliphatic rings. The maximum Gasteiger partial charge on any atom is 0.249 e. The smallest absolute Gasteiger partial charge is 0.249 e. The molecule has 0 aliphatic carbocycles. The molecule has 3 atom stereocenters. The van der Waals surface area contributed by atoms with Crippen LogP contribution < -0.4 is 5.32 Å². The summed E-state index contributed by atoms with van der Waals surface area (Å²) >= 11 is 0. The number of aliphatic hydroxyl groups excluding tert-OH is 3. The molecule has 0 aromatic carbocycles. The van der Waals surface area contributed by atoms with Crippen molar-refractivity contribution in [3.8, 4) is 0 Å². The van der Waals surface area contributed by atoms with Crippen molar-refractivity contribution >= 4 is 5.91 Å². The van der Waals surface area contributed by atoms with Gasteiger partial charge in [0.05, 0.1) is 18.8 Å². The number of unbranched alkanes of at least 4 members (excludes halogenated alkanes) is 25. The summed E-state index contributed by atoms with van der Waals surface area (Å²) in [5.41, 5.74) is 0. The summed E-state index contributed by atoms with van der Waals surface area (Å²) in [6.07, 6.45) is 47.4. The van der Waals surface area contributed by atoms with Crippen LogP contribution in [0.1, 0.15) is 206 Å². The number of nitrogens with one attached hydrogen (secondary N) is 1. The Balaban J connectivity index is 3.75. The molecular formula is C43H81NO4. The highest BCUT2D eigenvalue weighted by Gasteiger charge is 2.22. The van der Waals surface area contributed by atoms with Crippen LogP contribution >= 0.6 is 0 Å². The first-order valence-corrected chi connectivity index (χ1v) is 20.8. The molecule has 0 rings (SSSR count). The second kappa shape index (κ2) is 38.4. The zero-order valence-corrected chi connectivity index (χ0v) is 31.9. The van der Waals surface area contributed by atoms with Gasteiger partial charge in [-0.25, -0.2) is 0 Å². The molecule has 1 amide bonds. The van der Waals surface area contributed by atoms with Gasteiger partial charge in [0.15, 0.2) is 0 Å². The van der Waals surface area contributed by atoms with E-state index in [2.05, 4.69) is 43.5 Å². The molecule has 282 valence electrons. The highest BCUT2D eigenvalue weighted by atomic mass is 16.3. The Morgan fingerprint density at radius 3 is 1.27 bits per heavy atom. The minimum absolute atomic E-state index is 0.380. The van der Waals surface area contributed by atoms with Crippen LogP contribution in [0.4, 0.5) is 0 Å². The van der Waals surface area contributed by atoms with Gasteiger partial charge in [-0.3, -0.25) is 4.79 Å². The van der Waals surface area contributed by atoms with Crippen LogP contribution in [0.2, 0.25) is 0 Å². The lowest BCUT2D eigenvalue weighted by atomic mass is 10.0. The summed E-state index contributed by atoms with van der Waals surface area (Å²) in [4.78, 5) is 12.4. The molecule has 3 unspecified atom stereocenters. The van der Waals surface area contributed by atoms with Crippen molar-refractivity contribution in [2.75, 3.05) is 6.61 Å². The van der Waals surface area contributed by atoms with Crippen molar-refractivity contribution in [3.63, 3.8) is 0 Å². The third-order valence-corrected chi connectivity index (χ3v) is 9.46. The maximum atomic E-state index is 12.4. The second-order valence-electron chi connectivity index (χ2n) is 14.2. The maximum absolute atomic E-state index is 12.4. The van der Waals surface area contributed by atoms with Gasteiger partial charge < -0.3 is 20.6 Å². The number of carbonyl (C=O) groups excluding carboxylic acids is 1. The molecule has 0 spiro atoms. The first-order valence-electron chi connectivity index (χ1n) is 20.8. The van der Waals surface area contributed by atoms with Crippen LogP contribution in [0.15, 0.2) is 36.5 Å². The summed E-state index contributed by atoms with van der Waals surface area (Å²) in [6, 6.07) is -0.817. The monoisotopic (exact) mass is 676 g/mol. The minimum Gasteiger partial charge on any atom is -0.394 e. The predicted molar refractivity (Wildman–Crippen MR) is 208 cm³/mol. The van der Waals surface area contributed by atoms with Gasteiger partial charge in [-0.05, 0) is 44.9 Å². The average molecular weight is 676 g/mol. The van der Waals surface area contributed by atoms with E-state index < -0.39 is 24.2 Å². The Morgan fingerprint density at radius 1 is 0.500 bits per heavy atom. The average Bonchev–Trinajstić information content (AvgIpc) is 3.09. The fourth-order valence-electron chi connectivity index (χ4n) is 6.16. The minimum atomic E-state index is -1.10. The molecule has 0 aromatic rings. The number of hydrogen-bond donors (Lipinski definition) is 4.